The van der Waals surface area contributed by atoms with Crippen LogP contribution >= 0.6 is 0 Å². The normalized spacial score (nSPS) is 27.3. The Hall–Kier alpha value is -1.69. The molecule has 128 valence electrons. The van der Waals surface area contributed by atoms with E-state index in [0.29, 0.717) is 12.6 Å². The summed E-state index contributed by atoms with van der Waals surface area (Å²) in [4.78, 5) is 6.62. The van der Waals surface area contributed by atoms with E-state index in [0.717, 1.165) is 49.6 Å². The van der Waals surface area contributed by atoms with E-state index in [1.54, 1.807) is 6.20 Å². The number of ether oxygens (including phenoxy) is 2. The lowest BCUT2D eigenvalue weighted by atomic mass is 10.1. The number of nitrogens with zero attached hydrogens (tertiary/aromatic N) is 2. The number of aryl methyl sites for hydroxylation is 1. The highest BCUT2D eigenvalue weighted by Crippen LogP contribution is 2.33. The first-order valence-electron chi connectivity index (χ1n) is 8.71. The molecule has 2 bridgehead atoms. The fraction of sp³-hybridized carbons (Fsp3) is 0.526. The molecule has 3 heterocycles. The van der Waals surface area contributed by atoms with Crippen LogP contribution in [0.2, 0.25) is 0 Å². The summed E-state index contributed by atoms with van der Waals surface area (Å²) in [5, 5.41) is 0. The zero-order chi connectivity index (χ0) is 16.4. The van der Waals surface area contributed by atoms with Crippen molar-refractivity contribution in [3.05, 3.63) is 53.7 Å². The summed E-state index contributed by atoms with van der Waals surface area (Å²) in [5.74, 6) is 1.98. The van der Waals surface area contributed by atoms with Crippen LogP contribution in [0.1, 0.15) is 29.9 Å². The summed E-state index contributed by atoms with van der Waals surface area (Å²) in [7, 11) is 0. The van der Waals surface area contributed by atoms with Gasteiger partial charge in [-0.1, -0.05) is 6.07 Å². The molecule has 4 rings (SSSR count). The van der Waals surface area contributed by atoms with Gasteiger partial charge in [0.15, 0.2) is 0 Å². The number of pyridine rings is 1. The molecule has 3 atom stereocenters. The predicted octanol–water partition coefficient (Wildman–Crippen LogP) is 2.93. The predicted molar refractivity (Wildman–Crippen MR) is 89.4 cm³/mol. The second-order valence-electron chi connectivity index (χ2n) is 6.67. The molecule has 0 spiro atoms. The molecule has 3 unspecified atom stereocenters. The van der Waals surface area contributed by atoms with Gasteiger partial charge in [-0.25, -0.2) is 0 Å². The maximum atomic E-state index is 6.27. The van der Waals surface area contributed by atoms with Crippen LogP contribution in [-0.2, 0) is 22.6 Å². The quantitative estimate of drug-likeness (QED) is 0.844. The van der Waals surface area contributed by atoms with E-state index in [-0.39, 0.29) is 12.2 Å². The molecule has 2 aliphatic rings. The number of fused-ring (bicyclic) bond motifs is 2. The molecule has 2 fully saturated rings. The van der Waals surface area contributed by atoms with Crippen LogP contribution < -0.4 is 0 Å². The van der Waals surface area contributed by atoms with Gasteiger partial charge in [-0.2, -0.15) is 0 Å². The maximum absolute atomic E-state index is 6.27. The van der Waals surface area contributed by atoms with Crippen LogP contribution in [0.5, 0.6) is 0 Å². The van der Waals surface area contributed by atoms with E-state index in [9.17, 15) is 0 Å². The van der Waals surface area contributed by atoms with Gasteiger partial charge in [0.05, 0.1) is 32.0 Å². The SMILES string of the molecule is Cc1ccc(CN2CCOC3CCC2C3OCc2cccnc2)o1. The summed E-state index contributed by atoms with van der Waals surface area (Å²) in [6.45, 7) is 5.08. The minimum absolute atomic E-state index is 0.115. The van der Waals surface area contributed by atoms with Crippen LogP contribution in [0, 0.1) is 6.92 Å². The highest BCUT2D eigenvalue weighted by molar-refractivity contribution is 5.08. The minimum atomic E-state index is 0.115. The van der Waals surface area contributed by atoms with E-state index in [1.807, 2.05) is 25.3 Å². The van der Waals surface area contributed by atoms with Crippen molar-refractivity contribution in [2.45, 2.75) is 51.2 Å². The summed E-state index contributed by atoms with van der Waals surface area (Å²) < 4.78 is 18.1. The molecular formula is C19H24N2O3. The van der Waals surface area contributed by atoms with Crippen molar-refractivity contribution in [1.82, 2.24) is 9.88 Å². The van der Waals surface area contributed by atoms with Crippen LogP contribution in [0.4, 0.5) is 0 Å². The molecule has 5 nitrogen and oxygen atoms in total. The molecular weight excluding hydrogens is 304 g/mol. The van der Waals surface area contributed by atoms with Crippen molar-refractivity contribution in [2.75, 3.05) is 13.2 Å². The lowest BCUT2D eigenvalue weighted by Gasteiger charge is -2.30. The van der Waals surface area contributed by atoms with Crippen LogP contribution in [0.15, 0.2) is 41.1 Å². The lowest BCUT2D eigenvalue weighted by Crippen LogP contribution is -2.42. The molecule has 0 amide bonds. The third-order valence-corrected chi connectivity index (χ3v) is 4.99. The summed E-state index contributed by atoms with van der Waals surface area (Å²) in [5.41, 5.74) is 1.11. The van der Waals surface area contributed by atoms with Crippen molar-refractivity contribution in [3.63, 3.8) is 0 Å². The van der Waals surface area contributed by atoms with Crippen molar-refractivity contribution >= 4 is 0 Å². The third kappa shape index (κ3) is 3.38. The molecule has 2 aromatic rings. The first-order chi connectivity index (χ1) is 11.8. The molecule has 1 aliphatic heterocycles. The van der Waals surface area contributed by atoms with Gasteiger partial charge in [0, 0.05) is 25.0 Å². The fourth-order valence-corrected chi connectivity index (χ4v) is 3.83. The van der Waals surface area contributed by atoms with Gasteiger partial charge in [-0.05, 0) is 43.5 Å². The Kier molecular flexibility index (Phi) is 4.65. The van der Waals surface area contributed by atoms with Gasteiger partial charge in [-0.3, -0.25) is 9.88 Å². The molecule has 24 heavy (non-hydrogen) atoms. The summed E-state index contributed by atoms with van der Waals surface area (Å²) in [6.07, 6.45) is 6.15. The first kappa shape index (κ1) is 15.8. The molecule has 2 aromatic heterocycles. The zero-order valence-corrected chi connectivity index (χ0v) is 14.1. The largest absolute Gasteiger partial charge is 0.465 e. The summed E-state index contributed by atoms with van der Waals surface area (Å²) in [6, 6.07) is 8.48. The van der Waals surface area contributed by atoms with E-state index in [2.05, 4.69) is 22.0 Å². The van der Waals surface area contributed by atoms with Crippen molar-refractivity contribution in [2.24, 2.45) is 0 Å². The lowest BCUT2D eigenvalue weighted by molar-refractivity contribution is -0.0616. The van der Waals surface area contributed by atoms with Gasteiger partial charge < -0.3 is 13.9 Å². The molecule has 0 aromatic carbocycles. The monoisotopic (exact) mass is 328 g/mol. The Morgan fingerprint density at radius 2 is 2.25 bits per heavy atom. The molecule has 0 radical (unpaired) electrons. The van der Waals surface area contributed by atoms with E-state index in [4.69, 9.17) is 13.9 Å². The number of rotatable bonds is 5. The minimum Gasteiger partial charge on any atom is -0.465 e. The third-order valence-electron chi connectivity index (χ3n) is 4.99. The van der Waals surface area contributed by atoms with Crippen molar-refractivity contribution < 1.29 is 13.9 Å². The van der Waals surface area contributed by atoms with Gasteiger partial charge in [-0.15, -0.1) is 0 Å². The number of furan rings is 1. The standard InChI is InChI=1S/C19H24N2O3/c1-14-4-5-16(24-14)12-21-9-10-22-18-7-6-17(21)19(18)23-13-15-3-2-8-20-11-15/h2-5,8,11,17-19H,6-7,9-10,12-13H2,1H3. The van der Waals surface area contributed by atoms with E-state index in [1.165, 1.54) is 0 Å². The van der Waals surface area contributed by atoms with Gasteiger partial charge in [0.25, 0.3) is 0 Å². The number of aromatic nitrogens is 1. The Morgan fingerprint density at radius 1 is 1.29 bits per heavy atom. The number of hydrogen-bond donors (Lipinski definition) is 0. The van der Waals surface area contributed by atoms with E-state index < -0.39 is 0 Å². The van der Waals surface area contributed by atoms with Crippen LogP contribution in [0.25, 0.3) is 0 Å². The highest BCUT2D eigenvalue weighted by Gasteiger charge is 2.43. The maximum Gasteiger partial charge on any atom is 0.118 e. The fourth-order valence-electron chi connectivity index (χ4n) is 3.83. The number of hydrogen-bond acceptors (Lipinski definition) is 5. The molecule has 5 heteroatoms. The highest BCUT2D eigenvalue weighted by atomic mass is 16.5. The Bertz CT molecular complexity index is 658. The van der Waals surface area contributed by atoms with Gasteiger partial charge >= 0.3 is 0 Å². The van der Waals surface area contributed by atoms with Crippen molar-refractivity contribution in [1.29, 1.82) is 0 Å². The van der Waals surface area contributed by atoms with Gasteiger partial charge in [0.2, 0.25) is 0 Å². The Morgan fingerprint density at radius 3 is 3.04 bits per heavy atom. The topological polar surface area (TPSA) is 47.7 Å². The van der Waals surface area contributed by atoms with Crippen LogP contribution in [-0.4, -0.2) is 41.3 Å². The smallest absolute Gasteiger partial charge is 0.118 e. The molecule has 0 N–H and O–H groups in total. The Labute approximate surface area is 142 Å². The molecule has 1 saturated heterocycles. The summed E-state index contributed by atoms with van der Waals surface area (Å²) >= 11 is 0. The van der Waals surface area contributed by atoms with Crippen LogP contribution in [0.3, 0.4) is 0 Å². The van der Waals surface area contributed by atoms with Crippen molar-refractivity contribution in [3.8, 4) is 0 Å². The second kappa shape index (κ2) is 7.05. The van der Waals surface area contributed by atoms with E-state index >= 15 is 0 Å². The second-order valence-corrected chi connectivity index (χ2v) is 6.67. The molecule has 1 aliphatic carbocycles. The van der Waals surface area contributed by atoms with Gasteiger partial charge in [0.1, 0.15) is 11.5 Å². The average Bonchev–Trinajstić information content (AvgIpc) is 3.13. The Balaban J connectivity index is 1.45. The first-order valence-corrected chi connectivity index (χ1v) is 8.71. The average molecular weight is 328 g/mol. The zero-order valence-electron chi connectivity index (χ0n) is 14.1. The molecule has 1 saturated carbocycles.